The Morgan fingerprint density at radius 1 is 1.17 bits per heavy atom. The number of non-ortho nitro benzene ring substituents is 1. The van der Waals surface area contributed by atoms with Gasteiger partial charge in [-0.05, 0) is 42.5 Å². The first-order valence-corrected chi connectivity index (χ1v) is 11.1. The van der Waals surface area contributed by atoms with E-state index in [9.17, 15) is 14.9 Å². The lowest BCUT2D eigenvalue weighted by molar-refractivity contribution is -0.384. The zero-order chi connectivity index (χ0) is 25.2. The number of nitrogens with zero attached hydrogens (tertiary/aromatic N) is 4. The molecule has 0 spiro atoms. The smallest absolute Gasteiger partial charge is 0.282 e. The van der Waals surface area contributed by atoms with Gasteiger partial charge in [-0.3, -0.25) is 14.9 Å². The lowest BCUT2D eigenvalue weighted by atomic mass is 10.2. The van der Waals surface area contributed by atoms with Gasteiger partial charge in [0.25, 0.3) is 11.2 Å². The van der Waals surface area contributed by atoms with Crippen LogP contribution < -0.4 is 10.3 Å². The Bertz CT molecular complexity index is 1740. The molecule has 0 bridgehead atoms. The molecule has 178 valence electrons. The van der Waals surface area contributed by atoms with Crippen molar-refractivity contribution in [3.8, 4) is 17.3 Å². The van der Waals surface area contributed by atoms with Crippen molar-refractivity contribution in [2.45, 2.75) is 0 Å². The van der Waals surface area contributed by atoms with Crippen molar-refractivity contribution in [3.63, 3.8) is 0 Å². The molecule has 0 aliphatic heterocycles. The third kappa shape index (κ3) is 4.35. The second kappa shape index (κ2) is 9.47. The lowest BCUT2D eigenvalue weighted by Crippen LogP contribution is -2.20. The Balaban J connectivity index is 1.71. The van der Waals surface area contributed by atoms with Crippen LogP contribution in [0.5, 0.6) is 5.75 Å². The highest BCUT2D eigenvalue weighted by atomic mass is 35.5. The minimum absolute atomic E-state index is 0.152. The summed E-state index contributed by atoms with van der Waals surface area (Å²) in [5.74, 6) is 0.793. The Morgan fingerprint density at radius 3 is 2.81 bits per heavy atom. The van der Waals surface area contributed by atoms with Gasteiger partial charge >= 0.3 is 0 Å². The van der Waals surface area contributed by atoms with E-state index in [2.05, 4.69) is 16.7 Å². The summed E-state index contributed by atoms with van der Waals surface area (Å²) in [6, 6.07) is 17.8. The number of fused-ring (bicyclic) bond motifs is 2. The van der Waals surface area contributed by atoms with Crippen LogP contribution >= 0.6 is 11.6 Å². The van der Waals surface area contributed by atoms with Crippen molar-refractivity contribution in [2.24, 2.45) is 5.10 Å². The van der Waals surface area contributed by atoms with Crippen LogP contribution in [0.25, 0.3) is 33.5 Å². The highest BCUT2D eigenvalue weighted by molar-refractivity contribution is 6.31. The van der Waals surface area contributed by atoms with Crippen LogP contribution in [0.2, 0.25) is 5.02 Å². The summed E-state index contributed by atoms with van der Waals surface area (Å²) < 4.78 is 12.7. The van der Waals surface area contributed by atoms with Crippen molar-refractivity contribution < 1.29 is 14.1 Å². The van der Waals surface area contributed by atoms with Crippen molar-refractivity contribution in [1.82, 2.24) is 9.66 Å². The molecule has 2 aromatic heterocycles. The maximum Gasteiger partial charge on any atom is 0.282 e. The van der Waals surface area contributed by atoms with Crippen molar-refractivity contribution in [1.29, 1.82) is 0 Å². The fourth-order valence-corrected chi connectivity index (χ4v) is 3.85. The first-order valence-electron chi connectivity index (χ1n) is 10.7. The Labute approximate surface area is 208 Å². The number of hydrogen-bond donors (Lipinski definition) is 0. The molecule has 0 aliphatic carbocycles. The summed E-state index contributed by atoms with van der Waals surface area (Å²) >= 11 is 6.11. The summed E-state index contributed by atoms with van der Waals surface area (Å²) in [6.45, 7) is 3.80. The molecule has 36 heavy (non-hydrogen) atoms. The van der Waals surface area contributed by atoms with Crippen LogP contribution in [-0.2, 0) is 0 Å². The molecule has 0 fully saturated rings. The van der Waals surface area contributed by atoms with Crippen molar-refractivity contribution >= 4 is 45.4 Å². The summed E-state index contributed by atoms with van der Waals surface area (Å²) in [5.41, 5.74) is 0.734. The predicted octanol–water partition coefficient (Wildman–Crippen LogP) is 5.82. The summed E-state index contributed by atoms with van der Waals surface area (Å²) in [7, 11) is 0. The molecule has 0 N–H and O–H groups in total. The third-order valence-electron chi connectivity index (χ3n) is 5.33. The Kier molecular flexibility index (Phi) is 6.05. The second-order valence-corrected chi connectivity index (χ2v) is 8.12. The molecule has 2 heterocycles. The molecule has 5 rings (SSSR count). The van der Waals surface area contributed by atoms with E-state index in [-0.39, 0.29) is 18.1 Å². The normalized spacial score (nSPS) is 11.4. The number of furan rings is 1. The average molecular weight is 501 g/mol. The van der Waals surface area contributed by atoms with Gasteiger partial charge in [-0.15, -0.1) is 0 Å². The minimum atomic E-state index is -0.524. The molecule has 5 aromatic rings. The first kappa shape index (κ1) is 23.0. The molecule has 10 heteroatoms. The van der Waals surface area contributed by atoms with Gasteiger partial charge in [0.15, 0.2) is 5.76 Å². The topological polar surface area (TPSA) is 113 Å². The number of nitro benzene ring substituents is 1. The fraction of sp³-hybridized carbons (Fsp3) is 0.0385. The molecule has 0 saturated heterocycles. The van der Waals surface area contributed by atoms with Gasteiger partial charge < -0.3 is 9.15 Å². The standard InChI is InChI=1S/C26H17ClN4O5/c1-2-11-35-22-10-8-19(31(33)34)13-17(22)15-28-30-25(29-21-6-4-3-5-20(21)26(30)32)24-14-16-12-18(27)7-9-23(16)36-24/h2-10,12-15H,1,11H2. The number of nitro groups is 1. The van der Waals surface area contributed by atoms with Gasteiger partial charge in [0, 0.05) is 28.1 Å². The van der Waals surface area contributed by atoms with E-state index >= 15 is 0 Å². The Morgan fingerprint density at radius 2 is 2.00 bits per heavy atom. The number of ether oxygens (including phenoxy) is 1. The van der Waals surface area contributed by atoms with Gasteiger partial charge in [0.2, 0.25) is 5.82 Å². The van der Waals surface area contributed by atoms with Gasteiger partial charge in [0.1, 0.15) is 17.9 Å². The van der Waals surface area contributed by atoms with E-state index in [1.807, 2.05) is 0 Å². The van der Waals surface area contributed by atoms with E-state index in [0.717, 1.165) is 10.1 Å². The SMILES string of the molecule is C=CCOc1ccc([N+](=O)[O-])cc1C=Nn1c(-c2cc3cc(Cl)ccc3o2)nc2ccccc2c1=O. The van der Waals surface area contributed by atoms with Crippen molar-refractivity contribution in [2.75, 3.05) is 6.61 Å². The summed E-state index contributed by atoms with van der Waals surface area (Å²) in [6.07, 6.45) is 2.86. The van der Waals surface area contributed by atoms with Crippen LogP contribution in [0.4, 0.5) is 5.69 Å². The van der Waals surface area contributed by atoms with Crippen LogP contribution in [0, 0.1) is 10.1 Å². The van der Waals surface area contributed by atoms with Crippen molar-refractivity contribution in [3.05, 3.63) is 110 Å². The van der Waals surface area contributed by atoms with E-state index in [0.29, 0.717) is 38.6 Å². The maximum atomic E-state index is 13.4. The molecule has 0 aliphatic rings. The number of halogens is 1. The molecule has 0 atom stereocenters. The first-order chi connectivity index (χ1) is 17.4. The fourth-order valence-electron chi connectivity index (χ4n) is 3.67. The molecular weight excluding hydrogens is 484 g/mol. The average Bonchev–Trinajstić information content (AvgIpc) is 3.30. The lowest BCUT2D eigenvalue weighted by Gasteiger charge is -2.09. The van der Waals surface area contributed by atoms with E-state index < -0.39 is 10.5 Å². The largest absolute Gasteiger partial charge is 0.489 e. The second-order valence-electron chi connectivity index (χ2n) is 7.69. The highest BCUT2D eigenvalue weighted by Gasteiger charge is 2.17. The number of hydrogen-bond acceptors (Lipinski definition) is 7. The predicted molar refractivity (Wildman–Crippen MR) is 138 cm³/mol. The van der Waals surface area contributed by atoms with E-state index in [1.165, 1.54) is 24.4 Å². The summed E-state index contributed by atoms with van der Waals surface area (Å²) in [5, 5.41) is 17.3. The van der Waals surface area contributed by atoms with E-state index in [4.69, 9.17) is 20.8 Å². The van der Waals surface area contributed by atoms with Crippen LogP contribution in [-0.4, -0.2) is 27.4 Å². The minimum Gasteiger partial charge on any atom is -0.489 e. The zero-order valence-corrected chi connectivity index (χ0v) is 19.4. The zero-order valence-electron chi connectivity index (χ0n) is 18.6. The molecule has 0 radical (unpaired) electrons. The third-order valence-corrected chi connectivity index (χ3v) is 5.56. The maximum absolute atomic E-state index is 13.4. The quantitative estimate of drug-likeness (QED) is 0.120. The molecule has 0 unspecified atom stereocenters. The molecule has 9 nitrogen and oxygen atoms in total. The van der Waals surface area contributed by atoms with Crippen LogP contribution in [0.15, 0.2) is 93.7 Å². The Hall–Kier alpha value is -4.76. The van der Waals surface area contributed by atoms with Gasteiger partial charge in [-0.25, -0.2) is 4.98 Å². The summed E-state index contributed by atoms with van der Waals surface area (Å²) in [4.78, 5) is 28.9. The van der Waals surface area contributed by atoms with Gasteiger partial charge in [0.05, 0.1) is 22.0 Å². The van der Waals surface area contributed by atoms with Crippen LogP contribution in [0.3, 0.4) is 0 Å². The van der Waals surface area contributed by atoms with Crippen LogP contribution in [0.1, 0.15) is 5.56 Å². The van der Waals surface area contributed by atoms with E-state index in [1.54, 1.807) is 54.6 Å². The van der Waals surface area contributed by atoms with Gasteiger partial charge in [-0.2, -0.15) is 9.78 Å². The number of aromatic nitrogens is 2. The monoisotopic (exact) mass is 500 g/mol. The number of rotatable bonds is 7. The van der Waals surface area contributed by atoms with Gasteiger partial charge in [-0.1, -0.05) is 36.4 Å². The molecule has 0 saturated carbocycles. The number of para-hydroxylation sites is 1. The molecular formula is C26H17ClN4O5. The molecule has 3 aromatic carbocycles. The number of benzene rings is 3. The molecule has 0 amide bonds. The highest BCUT2D eigenvalue weighted by Crippen LogP contribution is 2.29.